The number of benzene rings is 2. The van der Waals surface area contributed by atoms with E-state index >= 15 is 0 Å². The van der Waals surface area contributed by atoms with Crippen molar-refractivity contribution in [3.05, 3.63) is 57.6 Å². The fraction of sp³-hybridized carbons (Fsp3) is 0.143. The molecule has 21 heavy (non-hydrogen) atoms. The molecule has 0 fully saturated rings. The summed E-state index contributed by atoms with van der Waals surface area (Å²) >= 11 is 12.1. The van der Waals surface area contributed by atoms with E-state index in [1.54, 1.807) is 31.2 Å². The minimum atomic E-state index is -3.72. The van der Waals surface area contributed by atoms with Gasteiger partial charge in [0.1, 0.15) is 12.4 Å². The highest BCUT2D eigenvalue weighted by Gasteiger charge is 2.11. The van der Waals surface area contributed by atoms with Crippen molar-refractivity contribution >= 4 is 33.2 Å². The maximum absolute atomic E-state index is 11.3. The Balaban J connectivity index is 2.22. The van der Waals surface area contributed by atoms with Crippen LogP contribution < -0.4 is 9.88 Å². The summed E-state index contributed by atoms with van der Waals surface area (Å²) in [4.78, 5) is 0.0446. The van der Waals surface area contributed by atoms with E-state index in [-0.39, 0.29) is 11.5 Å². The third-order valence-corrected chi connectivity index (χ3v) is 4.53. The third-order valence-electron chi connectivity index (χ3n) is 2.91. The zero-order chi connectivity index (χ0) is 15.6. The number of primary sulfonamides is 1. The number of rotatable bonds is 4. The molecule has 4 nitrogen and oxygen atoms in total. The van der Waals surface area contributed by atoms with E-state index in [1.165, 1.54) is 12.1 Å². The lowest BCUT2D eigenvalue weighted by Gasteiger charge is -2.12. The van der Waals surface area contributed by atoms with Gasteiger partial charge >= 0.3 is 0 Å². The zero-order valence-electron chi connectivity index (χ0n) is 11.1. The Labute approximate surface area is 133 Å². The van der Waals surface area contributed by atoms with Crippen LogP contribution in [0, 0.1) is 6.92 Å². The fourth-order valence-electron chi connectivity index (χ4n) is 1.78. The lowest BCUT2D eigenvalue weighted by molar-refractivity contribution is 0.304. The van der Waals surface area contributed by atoms with Gasteiger partial charge in [-0.1, -0.05) is 29.3 Å². The lowest BCUT2D eigenvalue weighted by Crippen LogP contribution is -2.12. The van der Waals surface area contributed by atoms with Crippen LogP contribution in [0.1, 0.15) is 11.1 Å². The summed E-state index contributed by atoms with van der Waals surface area (Å²) in [6.45, 7) is 1.92. The van der Waals surface area contributed by atoms with Gasteiger partial charge in [-0.15, -0.1) is 0 Å². The van der Waals surface area contributed by atoms with Crippen molar-refractivity contribution in [2.24, 2.45) is 5.14 Å². The molecule has 0 bridgehead atoms. The minimum Gasteiger partial charge on any atom is -0.489 e. The number of ether oxygens (including phenoxy) is 1. The summed E-state index contributed by atoms with van der Waals surface area (Å²) in [5.74, 6) is 0.540. The maximum Gasteiger partial charge on any atom is 0.238 e. The van der Waals surface area contributed by atoms with Gasteiger partial charge in [-0.2, -0.15) is 0 Å². The molecular weight excluding hydrogens is 333 g/mol. The Morgan fingerprint density at radius 1 is 1.14 bits per heavy atom. The highest BCUT2D eigenvalue weighted by Crippen LogP contribution is 2.27. The van der Waals surface area contributed by atoms with Crippen molar-refractivity contribution in [2.75, 3.05) is 0 Å². The molecule has 0 saturated heterocycles. The molecular formula is C14H13Cl2NO3S. The lowest BCUT2D eigenvalue weighted by atomic mass is 10.2. The number of hydrogen-bond acceptors (Lipinski definition) is 3. The highest BCUT2D eigenvalue weighted by molar-refractivity contribution is 7.89. The van der Waals surface area contributed by atoms with Gasteiger partial charge < -0.3 is 4.74 Å². The van der Waals surface area contributed by atoms with Gasteiger partial charge in [0.25, 0.3) is 0 Å². The number of halogens is 2. The van der Waals surface area contributed by atoms with E-state index in [9.17, 15) is 8.42 Å². The molecule has 0 amide bonds. The number of sulfonamides is 1. The highest BCUT2D eigenvalue weighted by atomic mass is 35.5. The SMILES string of the molecule is Cc1cc(S(N)(=O)=O)ccc1OCc1c(Cl)cccc1Cl. The molecule has 0 heterocycles. The molecule has 7 heteroatoms. The number of aryl methyl sites for hydroxylation is 1. The summed E-state index contributed by atoms with van der Waals surface area (Å²) < 4.78 is 28.2. The van der Waals surface area contributed by atoms with Gasteiger partial charge in [0.05, 0.1) is 4.90 Å². The van der Waals surface area contributed by atoms with Crippen LogP contribution >= 0.6 is 23.2 Å². The van der Waals surface area contributed by atoms with Crippen molar-refractivity contribution < 1.29 is 13.2 Å². The standard InChI is InChI=1S/C14H13Cl2NO3S/c1-9-7-10(21(17,18)19)5-6-14(9)20-8-11-12(15)3-2-4-13(11)16/h2-7H,8H2,1H3,(H2,17,18,19). The maximum atomic E-state index is 11.3. The molecule has 2 N–H and O–H groups in total. The molecule has 0 spiro atoms. The smallest absolute Gasteiger partial charge is 0.238 e. The van der Waals surface area contributed by atoms with E-state index < -0.39 is 10.0 Å². The molecule has 0 aromatic heterocycles. The van der Waals surface area contributed by atoms with Gasteiger partial charge in [-0.25, -0.2) is 13.6 Å². The Kier molecular flexibility index (Phi) is 4.78. The van der Waals surface area contributed by atoms with Crippen molar-refractivity contribution in [2.45, 2.75) is 18.4 Å². The molecule has 0 atom stereocenters. The van der Waals surface area contributed by atoms with Crippen LogP contribution in [0.25, 0.3) is 0 Å². The second-order valence-corrected chi connectivity index (χ2v) is 6.84. The van der Waals surface area contributed by atoms with Gasteiger partial charge in [0.2, 0.25) is 10.0 Å². The molecule has 0 aliphatic carbocycles. The Morgan fingerprint density at radius 3 is 2.29 bits per heavy atom. The second kappa shape index (κ2) is 6.23. The first-order chi connectivity index (χ1) is 9.79. The Bertz CT molecular complexity index is 756. The predicted octanol–water partition coefficient (Wildman–Crippen LogP) is 3.53. The average Bonchev–Trinajstić information content (AvgIpc) is 2.38. The van der Waals surface area contributed by atoms with E-state index in [4.69, 9.17) is 33.1 Å². The molecule has 2 aromatic rings. The third kappa shape index (κ3) is 3.89. The molecule has 0 saturated carbocycles. The quantitative estimate of drug-likeness (QED) is 0.921. The van der Waals surface area contributed by atoms with Crippen molar-refractivity contribution in [1.82, 2.24) is 0 Å². The zero-order valence-corrected chi connectivity index (χ0v) is 13.5. The van der Waals surface area contributed by atoms with Crippen LogP contribution in [0.15, 0.2) is 41.3 Å². The summed E-state index contributed by atoms with van der Waals surface area (Å²) in [6, 6.07) is 9.61. The van der Waals surface area contributed by atoms with Crippen molar-refractivity contribution in [1.29, 1.82) is 0 Å². The minimum absolute atomic E-state index is 0.0446. The largest absolute Gasteiger partial charge is 0.489 e. The van der Waals surface area contributed by atoms with Crippen LogP contribution in [0.2, 0.25) is 10.0 Å². The topological polar surface area (TPSA) is 69.4 Å². The van der Waals surface area contributed by atoms with E-state index in [0.29, 0.717) is 26.9 Å². The molecule has 2 aromatic carbocycles. The Hall–Kier alpha value is -1.27. The predicted molar refractivity (Wildman–Crippen MR) is 83.3 cm³/mol. The van der Waals surface area contributed by atoms with Gasteiger partial charge in [-0.05, 0) is 42.8 Å². The first-order valence-electron chi connectivity index (χ1n) is 5.98. The summed E-state index contributed by atoms with van der Waals surface area (Å²) in [7, 11) is -3.72. The van der Waals surface area contributed by atoms with Crippen LogP contribution in [0.4, 0.5) is 0 Å². The van der Waals surface area contributed by atoms with Crippen molar-refractivity contribution in [3.63, 3.8) is 0 Å². The molecule has 0 aliphatic heterocycles. The van der Waals surface area contributed by atoms with Crippen LogP contribution in [-0.2, 0) is 16.6 Å². The second-order valence-electron chi connectivity index (χ2n) is 4.46. The first-order valence-corrected chi connectivity index (χ1v) is 8.28. The number of hydrogen-bond donors (Lipinski definition) is 1. The number of nitrogens with two attached hydrogens (primary N) is 1. The molecule has 0 radical (unpaired) electrons. The van der Waals surface area contributed by atoms with Crippen LogP contribution in [0.3, 0.4) is 0 Å². The van der Waals surface area contributed by atoms with E-state index in [1.807, 2.05) is 0 Å². The molecule has 0 aliphatic rings. The first kappa shape index (κ1) is 16.1. The molecule has 112 valence electrons. The summed E-state index contributed by atoms with van der Waals surface area (Å²) in [5, 5.41) is 6.11. The van der Waals surface area contributed by atoms with Crippen LogP contribution in [-0.4, -0.2) is 8.42 Å². The van der Waals surface area contributed by atoms with E-state index in [2.05, 4.69) is 0 Å². The van der Waals surface area contributed by atoms with Gasteiger partial charge in [0, 0.05) is 15.6 Å². The normalized spacial score (nSPS) is 11.4. The monoisotopic (exact) mass is 345 g/mol. The van der Waals surface area contributed by atoms with Crippen molar-refractivity contribution in [3.8, 4) is 5.75 Å². The summed E-state index contributed by atoms with van der Waals surface area (Å²) in [6.07, 6.45) is 0. The summed E-state index contributed by atoms with van der Waals surface area (Å²) in [5.41, 5.74) is 1.33. The Morgan fingerprint density at radius 2 is 1.76 bits per heavy atom. The van der Waals surface area contributed by atoms with Crippen LogP contribution in [0.5, 0.6) is 5.75 Å². The van der Waals surface area contributed by atoms with E-state index in [0.717, 1.165) is 0 Å². The molecule has 0 unspecified atom stereocenters. The van der Waals surface area contributed by atoms with Gasteiger partial charge in [-0.3, -0.25) is 0 Å². The van der Waals surface area contributed by atoms with Gasteiger partial charge in [0.15, 0.2) is 0 Å². The molecule has 2 rings (SSSR count). The fourth-order valence-corrected chi connectivity index (χ4v) is 2.89. The average molecular weight is 346 g/mol.